The number of nitrogens with zero attached hydrogens (tertiary/aromatic N) is 2. The highest BCUT2D eigenvalue weighted by molar-refractivity contribution is 8.02. The van der Waals surface area contributed by atoms with Gasteiger partial charge in [0.25, 0.3) is 0 Å². The minimum absolute atomic E-state index is 0.459. The van der Waals surface area contributed by atoms with E-state index in [9.17, 15) is 0 Å². The Morgan fingerprint density at radius 1 is 1.80 bits per heavy atom. The Morgan fingerprint density at radius 3 is 3.20 bits per heavy atom. The Balaban J connectivity index is 2.82. The summed E-state index contributed by atoms with van der Waals surface area (Å²) in [6.45, 7) is 3.53. The SMILES string of the molecule is C=N/C(=C\SCNC)c1ccnc(Cl)c1. The normalized spacial score (nSPS) is 11.5. The average Bonchev–Trinajstić information content (AvgIpc) is 2.24. The van der Waals surface area contributed by atoms with Crippen molar-refractivity contribution < 1.29 is 0 Å². The molecule has 1 rings (SSSR count). The predicted molar refractivity (Wildman–Crippen MR) is 68.3 cm³/mol. The van der Waals surface area contributed by atoms with Gasteiger partial charge < -0.3 is 5.32 Å². The van der Waals surface area contributed by atoms with Gasteiger partial charge in [-0.25, -0.2) is 4.98 Å². The van der Waals surface area contributed by atoms with Gasteiger partial charge in [-0.1, -0.05) is 11.6 Å². The molecule has 1 aromatic rings. The van der Waals surface area contributed by atoms with Crippen LogP contribution in [0.15, 0.2) is 28.7 Å². The van der Waals surface area contributed by atoms with Gasteiger partial charge in [0, 0.05) is 17.6 Å². The number of hydrogen-bond donors (Lipinski definition) is 1. The zero-order valence-corrected chi connectivity index (χ0v) is 9.98. The fraction of sp³-hybridized carbons (Fsp3) is 0.200. The van der Waals surface area contributed by atoms with Crippen LogP contribution in [0.5, 0.6) is 0 Å². The molecule has 0 unspecified atom stereocenters. The van der Waals surface area contributed by atoms with Crippen LogP contribution in [0.2, 0.25) is 5.15 Å². The first kappa shape index (κ1) is 12.2. The molecular weight excluding hydrogens is 230 g/mol. The third-order valence-corrected chi connectivity index (χ3v) is 2.67. The molecule has 3 nitrogen and oxygen atoms in total. The Morgan fingerprint density at radius 2 is 2.60 bits per heavy atom. The summed E-state index contributed by atoms with van der Waals surface area (Å²) in [6.07, 6.45) is 1.65. The monoisotopic (exact) mass is 241 g/mol. The summed E-state index contributed by atoms with van der Waals surface area (Å²) in [6, 6.07) is 3.62. The van der Waals surface area contributed by atoms with E-state index in [1.165, 1.54) is 0 Å². The zero-order chi connectivity index (χ0) is 11.1. The maximum Gasteiger partial charge on any atom is 0.129 e. The number of nitrogens with one attached hydrogen (secondary N) is 1. The second kappa shape index (κ2) is 6.61. The molecule has 0 atom stereocenters. The zero-order valence-electron chi connectivity index (χ0n) is 8.40. The van der Waals surface area contributed by atoms with Gasteiger partial charge in [-0.3, -0.25) is 4.99 Å². The summed E-state index contributed by atoms with van der Waals surface area (Å²) in [7, 11) is 1.89. The van der Waals surface area contributed by atoms with Gasteiger partial charge >= 0.3 is 0 Å². The minimum atomic E-state index is 0.459. The first-order chi connectivity index (χ1) is 7.27. The van der Waals surface area contributed by atoms with Crippen LogP contribution < -0.4 is 5.32 Å². The minimum Gasteiger partial charge on any atom is -0.311 e. The fourth-order valence-corrected chi connectivity index (χ4v) is 1.75. The van der Waals surface area contributed by atoms with E-state index in [-0.39, 0.29) is 0 Å². The Bertz CT molecular complexity index is 365. The molecule has 0 fully saturated rings. The Kier molecular flexibility index (Phi) is 5.39. The first-order valence-electron chi connectivity index (χ1n) is 4.33. The van der Waals surface area contributed by atoms with Crippen molar-refractivity contribution in [3.05, 3.63) is 34.5 Å². The van der Waals surface area contributed by atoms with E-state index >= 15 is 0 Å². The summed E-state index contributed by atoms with van der Waals surface area (Å²) in [5.74, 6) is 0.831. The second-order valence-electron chi connectivity index (χ2n) is 2.69. The van der Waals surface area contributed by atoms with Crippen LogP contribution >= 0.6 is 23.4 Å². The summed E-state index contributed by atoms with van der Waals surface area (Å²) >= 11 is 7.40. The maximum absolute atomic E-state index is 5.79. The Hall–Kier alpha value is -0.840. The molecule has 15 heavy (non-hydrogen) atoms. The third-order valence-electron chi connectivity index (χ3n) is 1.62. The predicted octanol–water partition coefficient (Wildman–Crippen LogP) is 2.64. The van der Waals surface area contributed by atoms with Gasteiger partial charge in [-0.15, -0.1) is 11.8 Å². The molecule has 1 heterocycles. The molecule has 0 aliphatic carbocycles. The molecule has 0 spiro atoms. The third kappa shape index (κ3) is 4.03. The maximum atomic E-state index is 5.79. The summed E-state index contributed by atoms with van der Waals surface area (Å²) in [5.41, 5.74) is 1.73. The van der Waals surface area contributed by atoms with E-state index in [4.69, 9.17) is 11.6 Å². The molecule has 0 aliphatic heterocycles. The lowest BCUT2D eigenvalue weighted by Crippen LogP contribution is -2.01. The van der Waals surface area contributed by atoms with E-state index in [2.05, 4.69) is 22.0 Å². The van der Waals surface area contributed by atoms with Crippen molar-refractivity contribution >= 4 is 35.8 Å². The lowest BCUT2D eigenvalue weighted by Gasteiger charge is -2.01. The van der Waals surface area contributed by atoms with E-state index in [0.29, 0.717) is 5.15 Å². The van der Waals surface area contributed by atoms with Gasteiger partial charge in [-0.2, -0.15) is 0 Å². The number of rotatable bonds is 5. The molecule has 0 aliphatic rings. The van der Waals surface area contributed by atoms with Gasteiger partial charge in [0.15, 0.2) is 0 Å². The highest BCUT2D eigenvalue weighted by Gasteiger charge is 1.99. The van der Waals surface area contributed by atoms with Gasteiger partial charge in [0.1, 0.15) is 5.15 Å². The molecule has 0 saturated carbocycles. The average molecular weight is 242 g/mol. The summed E-state index contributed by atoms with van der Waals surface area (Å²) < 4.78 is 0. The Labute approximate surface area is 98.7 Å². The van der Waals surface area contributed by atoms with E-state index < -0.39 is 0 Å². The van der Waals surface area contributed by atoms with Crippen molar-refractivity contribution in [1.82, 2.24) is 10.3 Å². The van der Waals surface area contributed by atoms with Crippen LogP contribution in [0.1, 0.15) is 5.56 Å². The standard InChI is InChI=1S/C10H12ClN3S/c1-12-7-15-6-9(13-2)8-3-4-14-10(11)5-8/h3-6,12H,2,7H2,1H3/b9-6-. The summed E-state index contributed by atoms with van der Waals surface area (Å²) in [4.78, 5) is 7.86. The lowest BCUT2D eigenvalue weighted by atomic mass is 10.2. The van der Waals surface area contributed by atoms with Crippen LogP contribution in [0, 0.1) is 0 Å². The number of aromatic nitrogens is 1. The van der Waals surface area contributed by atoms with Gasteiger partial charge in [-0.05, 0) is 31.3 Å². The largest absolute Gasteiger partial charge is 0.311 e. The molecule has 0 aromatic carbocycles. The van der Waals surface area contributed by atoms with E-state index in [0.717, 1.165) is 17.1 Å². The topological polar surface area (TPSA) is 37.3 Å². The first-order valence-corrected chi connectivity index (χ1v) is 5.75. The van der Waals surface area contributed by atoms with Crippen LogP contribution in [0.25, 0.3) is 5.70 Å². The van der Waals surface area contributed by atoms with Gasteiger partial charge in [0.2, 0.25) is 0 Å². The van der Waals surface area contributed by atoms with Crippen LogP contribution in [-0.4, -0.2) is 24.6 Å². The van der Waals surface area contributed by atoms with E-state index in [1.54, 1.807) is 24.0 Å². The molecule has 0 saturated heterocycles. The number of pyridine rings is 1. The molecule has 1 N–H and O–H groups in total. The quantitative estimate of drug-likeness (QED) is 0.373. The van der Waals surface area contributed by atoms with Gasteiger partial charge in [0.05, 0.1) is 5.70 Å². The number of halogens is 1. The highest BCUT2D eigenvalue weighted by Crippen LogP contribution is 2.20. The smallest absolute Gasteiger partial charge is 0.129 e. The molecule has 80 valence electrons. The molecular formula is C10H12ClN3S. The van der Waals surface area contributed by atoms with Crippen LogP contribution in [-0.2, 0) is 0 Å². The molecule has 1 aromatic heterocycles. The molecule has 0 radical (unpaired) electrons. The molecule has 5 heteroatoms. The van der Waals surface area contributed by atoms with Crippen molar-refractivity contribution in [2.75, 3.05) is 12.9 Å². The van der Waals surface area contributed by atoms with Crippen molar-refractivity contribution in [3.8, 4) is 0 Å². The number of aliphatic imine (C=N–C) groups is 1. The number of thioether (sulfide) groups is 1. The number of hydrogen-bond acceptors (Lipinski definition) is 4. The van der Waals surface area contributed by atoms with Crippen molar-refractivity contribution in [2.24, 2.45) is 4.99 Å². The highest BCUT2D eigenvalue weighted by atomic mass is 35.5. The second-order valence-corrected chi connectivity index (χ2v) is 3.94. The molecule has 0 bridgehead atoms. The summed E-state index contributed by atoms with van der Waals surface area (Å²) in [5, 5.41) is 5.43. The van der Waals surface area contributed by atoms with Crippen molar-refractivity contribution in [3.63, 3.8) is 0 Å². The van der Waals surface area contributed by atoms with E-state index in [1.807, 2.05) is 18.5 Å². The fourth-order valence-electron chi connectivity index (χ4n) is 0.962. The lowest BCUT2D eigenvalue weighted by molar-refractivity contribution is 0.985. The van der Waals surface area contributed by atoms with Crippen LogP contribution in [0.4, 0.5) is 0 Å². The van der Waals surface area contributed by atoms with Crippen LogP contribution in [0.3, 0.4) is 0 Å². The molecule has 0 amide bonds. The van der Waals surface area contributed by atoms with Crippen molar-refractivity contribution in [1.29, 1.82) is 0 Å². The van der Waals surface area contributed by atoms with Crippen molar-refractivity contribution in [2.45, 2.75) is 0 Å².